The van der Waals surface area contributed by atoms with E-state index < -0.39 is 5.97 Å². The number of carbonyl (C=O) groups is 2. The van der Waals surface area contributed by atoms with E-state index in [-0.39, 0.29) is 17.5 Å². The number of hydrogen-bond acceptors (Lipinski definition) is 4. The van der Waals surface area contributed by atoms with Gasteiger partial charge in [-0.25, -0.2) is 4.79 Å². The van der Waals surface area contributed by atoms with Gasteiger partial charge in [-0.2, -0.15) is 5.10 Å². The number of piperidine rings is 1. The second-order valence-electron chi connectivity index (χ2n) is 6.48. The van der Waals surface area contributed by atoms with Gasteiger partial charge in [0.05, 0.1) is 17.8 Å². The molecule has 1 aliphatic heterocycles. The molecule has 2 aromatic heterocycles. The quantitative estimate of drug-likeness (QED) is 0.784. The fourth-order valence-electron chi connectivity index (χ4n) is 3.38. The predicted octanol–water partition coefficient (Wildman–Crippen LogP) is 2.61. The lowest BCUT2D eigenvalue weighted by molar-refractivity contribution is 0.0688. The number of nitrogens with zero attached hydrogens (tertiary/aromatic N) is 4. The molecule has 0 unspecified atom stereocenters. The maximum atomic E-state index is 12.8. The molecule has 0 bridgehead atoms. The summed E-state index contributed by atoms with van der Waals surface area (Å²) in [5.41, 5.74) is 0.851. The lowest BCUT2D eigenvalue weighted by atomic mass is 10.0. The molecule has 4 rings (SSSR count). The molecule has 1 N–H and O–H groups in total. The minimum atomic E-state index is -0.977. The minimum Gasteiger partial charge on any atom is -0.478 e. The first-order valence-corrected chi connectivity index (χ1v) is 8.52. The van der Waals surface area contributed by atoms with Crippen LogP contribution in [0.25, 0.3) is 10.8 Å². The second kappa shape index (κ2) is 6.59. The van der Waals surface area contributed by atoms with Gasteiger partial charge < -0.3 is 10.0 Å². The predicted molar refractivity (Wildman–Crippen MR) is 95.1 cm³/mol. The van der Waals surface area contributed by atoms with E-state index in [1.54, 1.807) is 23.3 Å². The molecule has 3 heterocycles. The molecular weight excluding hydrogens is 332 g/mol. The molecule has 1 amide bonds. The molecule has 1 saturated heterocycles. The number of benzene rings is 1. The van der Waals surface area contributed by atoms with Crippen LogP contribution in [-0.2, 0) is 0 Å². The number of fused-ring (bicyclic) bond motifs is 1. The van der Waals surface area contributed by atoms with Gasteiger partial charge in [-0.15, -0.1) is 0 Å². The maximum Gasteiger partial charge on any atom is 0.338 e. The zero-order valence-electron chi connectivity index (χ0n) is 14.1. The van der Waals surface area contributed by atoms with E-state index in [1.165, 1.54) is 6.20 Å². The number of amides is 1. The number of carbonyl (C=O) groups excluding carboxylic acids is 1. The van der Waals surface area contributed by atoms with Crippen LogP contribution in [0.3, 0.4) is 0 Å². The van der Waals surface area contributed by atoms with Crippen molar-refractivity contribution in [2.24, 2.45) is 0 Å². The minimum absolute atomic E-state index is 0.0147. The number of hydrogen-bond donors (Lipinski definition) is 1. The van der Waals surface area contributed by atoms with Crippen LogP contribution in [0.5, 0.6) is 0 Å². The average Bonchev–Trinajstić information content (AvgIpc) is 3.18. The maximum absolute atomic E-state index is 12.8. The third-order valence-electron chi connectivity index (χ3n) is 4.86. The van der Waals surface area contributed by atoms with Gasteiger partial charge in [-0.3, -0.25) is 14.5 Å². The number of carboxylic acids is 1. The van der Waals surface area contributed by atoms with Crippen molar-refractivity contribution in [3.8, 4) is 0 Å². The smallest absolute Gasteiger partial charge is 0.338 e. The van der Waals surface area contributed by atoms with E-state index >= 15 is 0 Å². The molecule has 0 radical (unpaired) electrons. The van der Waals surface area contributed by atoms with Crippen molar-refractivity contribution in [3.63, 3.8) is 0 Å². The molecule has 1 aliphatic rings. The number of rotatable bonds is 3. The Balaban J connectivity index is 1.44. The van der Waals surface area contributed by atoms with Crippen LogP contribution in [0.4, 0.5) is 0 Å². The van der Waals surface area contributed by atoms with Crippen molar-refractivity contribution in [2.45, 2.75) is 18.9 Å². The number of aromatic carboxylic acids is 1. The molecule has 0 saturated carbocycles. The second-order valence-corrected chi connectivity index (χ2v) is 6.48. The zero-order valence-corrected chi connectivity index (χ0v) is 14.1. The van der Waals surface area contributed by atoms with E-state index in [0.29, 0.717) is 18.7 Å². The van der Waals surface area contributed by atoms with E-state index in [4.69, 9.17) is 5.11 Å². The molecule has 7 heteroatoms. The van der Waals surface area contributed by atoms with Crippen LogP contribution >= 0.6 is 0 Å². The summed E-state index contributed by atoms with van der Waals surface area (Å²) in [7, 11) is 0. The molecule has 3 aromatic rings. The van der Waals surface area contributed by atoms with Gasteiger partial charge in [0.1, 0.15) is 0 Å². The highest BCUT2D eigenvalue weighted by molar-refractivity contribution is 5.98. The van der Waals surface area contributed by atoms with Crippen molar-refractivity contribution in [3.05, 3.63) is 60.2 Å². The van der Waals surface area contributed by atoms with Crippen molar-refractivity contribution in [2.75, 3.05) is 13.1 Å². The summed E-state index contributed by atoms with van der Waals surface area (Å²) in [5, 5.41) is 15.2. The molecule has 7 nitrogen and oxygen atoms in total. The lowest BCUT2D eigenvalue weighted by Gasteiger charge is -2.32. The van der Waals surface area contributed by atoms with Crippen molar-refractivity contribution < 1.29 is 14.7 Å². The highest BCUT2D eigenvalue weighted by atomic mass is 16.4. The summed E-state index contributed by atoms with van der Waals surface area (Å²) >= 11 is 0. The van der Waals surface area contributed by atoms with E-state index in [9.17, 15) is 9.59 Å². The molecule has 1 fully saturated rings. The van der Waals surface area contributed by atoms with Crippen LogP contribution in [0, 0.1) is 0 Å². The van der Waals surface area contributed by atoms with Gasteiger partial charge in [-0.05, 0) is 36.4 Å². The topological polar surface area (TPSA) is 88.3 Å². The van der Waals surface area contributed by atoms with E-state index in [0.717, 1.165) is 23.6 Å². The Kier molecular flexibility index (Phi) is 4.12. The fourth-order valence-corrected chi connectivity index (χ4v) is 3.38. The van der Waals surface area contributed by atoms with Crippen LogP contribution in [0.1, 0.15) is 39.6 Å². The molecule has 132 valence electrons. The lowest BCUT2D eigenvalue weighted by Crippen LogP contribution is -2.39. The van der Waals surface area contributed by atoms with Gasteiger partial charge in [0.25, 0.3) is 5.91 Å². The number of carboxylic acid groups (broad SMARTS) is 1. The Labute approximate surface area is 149 Å². The standard InChI is InChI=1S/C19H18N4O3/c24-18(14-2-1-13-3-6-20-10-15(13)9-14)22-7-4-17(5-8-22)23-12-16(11-21-23)19(25)26/h1-3,6,9-12,17H,4-5,7-8H2,(H,25,26). The highest BCUT2D eigenvalue weighted by Gasteiger charge is 2.25. The van der Waals surface area contributed by atoms with E-state index in [1.807, 2.05) is 29.2 Å². The summed E-state index contributed by atoms with van der Waals surface area (Å²) in [6.07, 6.45) is 7.92. The molecule has 26 heavy (non-hydrogen) atoms. The first-order chi connectivity index (χ1) is 12.6. The third-order valence-corrected chi connectivity index (χ3v) is 4.86. The largest absolute Gasteiger partial charge is 0.478 e. The van der Waals surface area contributed by atoms with Crippen molar-refractivity contribution in [1.29, 1.82) is 0 Å². The molecule has 0 spiro atoms. The van der Waals surface area contributed by atoms with Crippen molar-refractivity contribution >= 4 is 22.6 Å². The number of aromatic nitrogens is 3. The van der Waals surface area contributed by atoms with Crippen molar-refractivity contribution in [1.82, 2.24) is 19.7 Å². The fraction of sp³-hybridized carbons (Fsp3) is 0.263. The van der Waals surface area contributed by atoms with Gasteiger partial charge in [0.15, 0.2) is 0 Å². The molecule has 1 aromatic carbocycles. The molecule has 0 aliphatic carbocycles. The third kappa shape index (κ3) is 3.03. The summed E-state index contributed by atoms with van der Waals surface area (Å²) in [6, 6.07) is 7.71. The van der Waals surface area contributed by atoms with Gasteiger partial charge >= 0.3 is 5.97 Å². The van der Waals surface area contributed by atoms with Gasteiger partial charge in [-0.1, -0.05) is 6.07 Å². The van der Waals surface area contributed by atoms with E-state index in [2.05, 4.69) is 10.1 Å². The highest BCUT2D eigenvalue weighted by Crippen LogP contribution is 2.24. The van der Waals surface area contributed by atoms with Crippen LogP contribution in [-0.4, -0.2) is 49.7 Å². The Morgan fingerprint density at radius 2 is 1.85 bits per heavy atom. The number of pyridine rings is 1. The monoisotopic (exact) mass is 350 g/mol. The summed E-state index contributed by atoms with van der Waals surface area (Å²) in [4.78, 5) is 29.7. The first-order valence-electron chi connectivity index (χ1n) is 8.52. The summed E-state index contributed by atoms with van der Waals surface area (Å²) in [6.45, 7) is 1.24. The zero-order chi connectivity index (χ0) is 18.1. The summed E-state index contributed by atoms with van der Waals surface area (Å²) < 4.78 is 1.70. The van der Waals surface area contributed by atoms with Crippen LogP contribution in [0.2, 0.25) is 0 Å². The van der Waals surface area contributed by atoms with Gasteiger partial charge in [0.2, 0.25) is 0 Å². The number of likely N-dealkylation sites (tertiary alicyclic amines) is 1. The summed E-state index contributed by atoms with van der Waals surface area (Å²) in [5.74, 6) is -0.962. The molecular formula is C19H18N4O3. The SMILES string of the molecule is O=C(O)c1cnn(C2CCN(C(=O)c3ccc4ccncc4c3)CC2)c1. The Bertz CT molecular complexity index is 974. The van der Waals surface area contributed by atoms with Gasteiger partial charge in [0, 0.05) is 42.6 Å². The Hall–Kier alpha value is -3.22. The first kappa shape index (κ1) is 16.3. The van der Waals surface area contributed by atoms with Crippen LogP contribution in [0.15, 0.2) is 49.1 Å². The normalized spacial score (nSPS) is 15.3. The Morgan fingerprint density at radius 1 is 1.04 bits per heavy atom. The molecule has 0 atom stereocenters. The average molecular weight is 350 g/mol. The Morgan fingerprint density at radius 3 is 2.58 bits per heavy atom. The van der Waals surface area contributed by atoms with Crippen LogP contribution < -0.4 is 0 Å².